The lowest BCUT2D eigenvalue weighted by Gasteiger charge is -2.07. The number of hydrogen-bond acceptors (Lipinski definition) is 5. The molecule has 1 heterocycles. The summed E-state index contributed by atoms with van der Waals surface area (Å²) in [4.78, 5) is 4.28. The van der Waals surface area contributed by atoms with Crippen LogP contribution in [-0.2, 0) is 6.42 Å². The van der Waals surface area contributed by atoms with Crippen LogP contribution < -0.4 is 14.8 Å². The van der Waals surface area contributed by atoms with E-state index in [9.17, 15) is 0 Å². The summed E-state index contributed by atoms with van der Waals surface area (Å²) in [6.07, 6.45) is 2.30. The number of nitrogens with one attached hydrogen (secondary N) is 1. The van der Waals surface area contributed by atoms with Gasteiger partial charge in [-0.2, -0.15) is 4.98 Å². The fourth-order valence-electron chi connectivity index (χ4n) is 1.68. The molecule has 0 fully saturated rings. The van der Waals surface area contributed by atoms with E-state index in [4.69, 9.17) is 13.9 Å². The fraction of sp³-hybridized carbons (Fsp3) is 0.308. The molecule has 5 heteroatoms. The topological polar surface area (TPSA) is 56.5 Å². The lowest BCUT2D eigenvalue weighted by molar-refractivity contribution is 0.393. The molecule has 1 aromatic heterocycles. The summed E-state index contributed by atoms with van der Waals surface area (Å²) in [5, 5.41) is 2.85. The van der Waals surface area contributed by atoms with Gasteiger partial charge in [0.25, 0.3) is 6.01 Å². The highest BCUT2D eigenvalue weighted by molar-refractivity contribution is 5.40. The third-order valence-electron chi connectivity index (χ3n) is 2.56. The standard InChI is InChI=1S/C13H16N2O3/c1-14-13-15-10(8-18-13)4-9-5-11(16-2)7-12(6-9)17-3/h5-8H,4H2,1-3H3,(H,14,15). The minimum Gasteiger partial charge on any atom is -0.497 e. The first kappa shape index (κ1) is 12.3. The zero-order valence-electron chi connectivity index (χ0n) is 10.7. The highest BCUT2D eigenvalue weighted by atomic mass is 16.5. The van der Waals surface area contributed by atoms with Crippen molar-refractivity contribution in [3.8, 4) is 11.5 Å². The number of hydrogen-bond donors (Lipinski definition) is 1. The molecule has 2 aromatic rings. The molecular formula is C13H16N2O3. The van der Waals surface area contributed by atoms with Gasteiger partial charge in [0.2, 0.25) is 0 Å². The Morgan fingerprint density at radius 1 is 1.17 bits per heavy atom. The SMILES string of the molecule is CNc1nc(Cc2cc(OC)cc(OC)c2)co1. The van der Waals surface area contributed by atoms with Crippen molar-refractivity contribution in [2.75, 3.05) is 26.6 Å². The lowest BCUT2D eigenvalue weighted by atomic mass is 10.1. The molecule has 1 aromatic carbocycles. The number of benzene rings is 1. The summed E-state index contributed by atoms with van der Waals surface area (Å²) in [5.74, 6) is 1.53. The maximum absolute atomic E-state index is 5.23. The third-order valence-corrected chi connectivity index (χ3v) is 2.56. The normalized spacial score (nSPS) is 10.2. The summed E-state index contributed by atoms with van der Waals surface area (Å²) in [5.41, 5.74) is 1.91. The molecule has 0 aliphatic rings. The molecule has 0 unspecified atom stereocenters. The number of ether oxygens (including phenoxy) is 2. The second kappa shape index (κ2) is 5.44. The van der Waals surface area contributed by atoms with Gasteiger partial charge in [0.15, 0.2) is 0 Å². The molecular weight excluding hydrogens is 232 g/mol. The van der Waals surface area contributed by atoms with Crippen molar-refractivity contribution >= 4 is 6.01 Å². The number of anilines is 1. The molecule has 0 radical (unpaired) electrons. The van der Waals surface area contributed by atoms with Crippen LogP contribution in [0.1, 0.15) is 11.3 Å². The van der Waals surface area contributed by atoms with Crippen LogP contribution >= 0.6 is 0 Å². The van der Waals surface area contributed by atoms with Gasteiger partial charge < -0.3 is 19.2 Å². The molecule has 96 valence electrons. The van der Waals surface area contributed by atoms with E-state index >= 15 is 0 Å². The molecule has 0 atom stereocenters. The van der Waals surface area contributed by atoms with Crippen LogP contribution in [0.2, 0.25) is 0 Å². The van der Waals surface area contributed by atoms with E-state index < -0.39 is 0 Å². The lowest BCUT2D eigenvalue weighted by Crippen LogP contribution is -1.94. The van der Waals surface area contributed by atoms with Gasteiger partial charge >= 0.3 is 0 Å². The van der Waals surface area contributed by atoms with E-state index in [1.54, 1.807) is 27.5 Å². The van der Waals surface area contributed by atoms with Crippen LogP contribution in [0.5, 0.6) is 11.5 Å². The predicted molar refractivity (Wildman–Crippen MR) is 68.4 cm³/mol. The first-order chi connectivity index (χ1) is 8.75. The van der Waals surface area contributed by atoms with Crippen molar-refractivity contribution in [1.29, 1.82) is 0 Å². The first-order valence-electron chi connectivity index (χ1n) is 5.59. The Hall–Kier alpha value is -2.17. The average Bonchev–Trinajstić information content (AvgIpc) is 2.85. The molecule has 0 saturated heterocycles. The van der Waals surface area contributed by atoms with Crippen molar-refractivity contribution < 1.29 is 13.9 Å². The fourth-order valence-corrected chi connectivity index (χ4v) is 1.68. The second-order valence-electron chi connectivity index (χ2n) is 3.79. The molecule has 0 aliphatic heterocycles. The monoisotopic (exact) mass is 248 g/mol. The zero-order valence-corrected chi connectivity index (χ0v) is 10.7. The van der Waals surface area contributed by atoms with E-state index in [-0.39, 0.29) is 0 Å². The molecule has 0 bridgehead atoms. The van der Waals surface area contributed by atoms with Gasteiger partial charge in [-0.1, -0.05) is 0 Å². The van der Waals surface area contributed by atoms with Crippen LogP contribution in [-0.4, -0.2) is 26.3 Å². The van der Waals surface area contributed by atoms with Gasteiger partial charge in [-0.05, 0) is 17.7 Å². The highest BCUT2D eigenvalue weighted by Gasteiger charge is 2.06. The van der Waals surface area contributed by atoms with Crippen LogP contribution in [0, 0.1) is 0 Å². The zero-order chi connectivity index (χ0) is 13.0. The highest BCUT2D eigenvalue weighted by Crippen LogP contribution is 2.24. The smallest absolute Gasteiger partial charge is 0.294 e. The Kier molecular flexibility index (Phi) is 3.72. The summed E-state index contributed by atoms with van der Waals surface area (Å²) in [7, 11) is 5.03. The minimum absolute atomic E-state index is 0.514. The Labute approximate surface area is 106 Å². The van der Waals surface area contributed by atoms with Gasteiger partial charge in [0, 0.05) is 19.5 Å². The number of methoxy groups -OCH3 is 2. The summed E-state index contributed by atoms with van der Waals surface area (Å²) in [6.45, 7) is 0. The van der Waals surface area contributed by atoms with Crippen LogP contribution in [0.4, 0.5) is 6.01 Å². The van der Waals surface area contributed by atoms with Crippen LogP contribution in [0.25, 0.3) is 0 Å². The predicted octanol–water partition coefficient (Wildman–Crippen LogP) is 2.32. The van der Waals surface area contributed by atoms with E-state index in [1.165, 1.54) is 0 Å². The quantitative estimate of drug-likeness (QED) is 0.880. The second-order valence-corrected chi connectivity index (χ2v) is 3.79. The van der Waals surface area contributed by atoms with Crippen molar-refractivity contribution in [3.63, 3.8) is 0 Å². The molecule has 18 heavy (non-hydrogen) atoms. The van der Waals surface area contributed by atoms with Gasteiger partial charge in [0.1, 0.15) is 17.8 Å². The Morgan fingerprint density at radius 3 is 2.33 bits per heavy atom. The van der Waals surface area contributed by atoms with E-state index in [2.05, 4.69) is 10.3 Å². The maximum Gasteiger partial charge on any atom is 0.294 e. The van der Waals surface area contributed by atoms with Gasteiger partial charge in [-0.15, -0.1) is 0 Å². The van der Waals surface area contributed by atoms with Crippen LogP contribution in [0.3, 0.4) is 0 Å². The van der Waals surface area contributed by atoms with Gasteiger partial charge in [-0.25, -0.2) is 0 Å². The average molecular weight is 248 g/mol. The van der Waals surface area contributed by atoms with Gasteiger partial charge in [-0.3, -0.25) is 0 Å². The maximum atomic E-state index is 5.23. The van der Waals surface area contributed by atoms with Crippen molar-refractivity contribution in [1.82, 2.24) is 4.98 Å². The van der Waals surface area contributed by atoms with E-state index in [0.717, 1.165) is 22.8 Å². The van der Waals surface area contributed by atoms with E-state index in [0.29, 0.717) is 12.4 Å². The molecule has 0 amide bonds. The van der Waals surface area contributed by atoms with Crippen molar-refractivity contribution in [3.05, 3.63) is 35.7 Å². The van der Waals surface area contributed by atoms with Crippen molar-refractivity contribution in [2.45, 2.75) is 6.42 Å². The molecule has 0 aliphatic carbocycles. The molecule has 5 nitrogen and oxygen atoms in total. The summed E-state index contributed by atoms with van der Waals surface area (Å²) < 4.78 is 15.7. The summed E-state index contributed by atoms with van der Waals surface area (Å²) >= 11 is 0. The third kappa shape index (κ3) is 2.74. The Balaban J connectivity index is 2.22. The van der Waals surface area contributed by atoms with Crippen molar-refractivity contribution in [2.24, 2.45) is 0 Å². The first-order valence-corrected chi connectivity index (χ1v) is 5.59. The molecule has 0 spiro atoms. The largest absolute Gasteiger partial charge is 0.497 e. The number of aromatic nitrogens is 1. The Bertz CT molecular complexity index is 500. The molecule has 1 N–H and O–H groups in total. The van der Waals surface area contributed by atoms with Crippen LogP contribution in [0.15, 0.2) is 28.9 Å². The molecule has 0 saturated carbocycles. The Morgan fingerprint density at radius 2 is 1.83 bits per heavy atom. The number of oxazole rings is 1. The summed E-state index contributed by atoms with van der Waals surface area (Å²) in [6, 6.07) is 6.26. The number of rotatable bonds is 5. The molecule has 2 rings (SSSR count). The minimum atomic E-state index is 0.514. The number of nitrogens with zero attached hydrogens (tertiary/aromatic N) is 1. The van der Waals surface area contributed by atoms with Gasteiger partial charge in [0.05, 0.1) is 19.9 Å². The van der Waals surface area contributed by atoms with E-state index in [1.807, 2.05) is 18.2 Å².